The Balaban J connectivity index is 2.07. The Morgan fingerprint density at radius 3 is 2.40 bits per heavy atom. The second kappa shape index (κ2) is 12.2. The van der Waals surface area contributed by atoms with Crippen molar-refractivity contribution in [1.82, 2.24) is 15.5 Å². The predicted molar refractivity (Wildman–Crippen MR) is 127 cm³/mol. The SMILES string of the molecule is CSCCC(NC(=O)c1ccc(Cl)cc1Cl)C(=O)NCC(c1ccccc1)N(C)C. The Hall–Kier alpha value is -1.73. The van der Waals surface area contributed by atoms with Gasteiger partial charge < -0.3 is 15.5 Å². The van der Waals surface area contributed by atoms with Gasteiger partial charge in [0.25, 0.3) is 5.91 Å². The van der Waals surface area contributed by atoms with E-state index in [4.69, 9.17) is 23.2 Å². The molecular weight excluding hydrogens is 441 g/mol. The van der Waals surface area contributed by atoms with Crippen LogP contribution < -0.4 is 10.6 Å². The van der Waals surface area contributed by atoms with Crippen molar-refractivity contribution < 1.29 is 9.59 Å². The number of benzene rings is 2. The average Bonchev–Trinajstić information content (AvgIpc) is 2.71. The summed E-state index contributed by atoms with van der Waals surface area (Å²) in [4.78, 5) is 27.6. The molecule has 2 N–H and O–H groups in total. The van der Waals surface area contributed by atoms with E-state index in [9.17, 15) is 9.59 Å². The van der Waals surface area contributed by atoms with Crippen LogP contribution in [-0.2, 0) is 4.79 Å². The highest BCUT2D eigenvalue weighted by molar-refractivity contribution is 7.98. The van der Waals surface area contributed by atoms with Crippen molar-refractivity contribution in [3.63, 3.8) is 0 Å². The van der Waals surface area contributed by atoms with Crippen LogP contribution in [0.15, 0.2) is 48.5 Å². The van der Waals surface area contributed by atoms with Crippen molar-refractivity contribution in [2.75, 3.05) is 32.6 Å². The summed E-state index contributed by atoms with van der Waals surface area (Å²) in [6, 6.07) is 14.0. The highest BCUT2D eigenvalue weighted by Gasteiger charge is 2.24. The van der Waals surface area contributed by atoms with Gasteiger partial charge in [-0.2, -0.15) is 11.8 Å². The molecular formula is C22H27Cl2N3O2S. The van der Waals surface area contributed by atoms with E-state index in [0.717, 1.165) is 11.3 Å². The Kier molecular flexibility index (Phi) is 9.98. The van der Waals surface area contributed by atoms with Gasteiger partial charge in [-0.25, -0.2) is 0 Å². The zero-order chi connectivity index (χ0) is 22.1. The first-order valence-electron chi connectivity index (χ1n) is 9.57. The fourth-order valence-corrected chi connectivity index (χ4v) is 3.97. The Labute approximate surface area is 192 Å². The van der Waals surface area contributed by atoms with Crippen LogP contribution in [-0.4, -0.2) is 55.4 Å². The van der Waals surface area contributed by atoms with Crippen molar-refractivity contribution in [1.29, 1.82) is 0 Å². The fourth-order valence-electron chi connectivity index (χ4n) is 3.01. The second-order valence-electron chi connectivity index (χ2n) is 7.07. The van der Waals surface area contributed by atoms with Crippen LogP contribution in [0.5, 0.6) is 0 Å². The van der Waals surface area contributed by atoms with Gasteiger partial charge in [-0.3, -0.25) is 9.59 Å². The van der Waals surface area contributed by atoms with Gasteiger partial charge in [0.05, 0.1) is 16.6 Å². The average molecular weight is 468 g/mol. The van der Waals surface area contributed by atoms with E-state index in [1.54, 1.807) is 23.9 Å². The number of nitrogens with one attached hydrogen (secondary N) is 2. The van der Waals surface area contributed by atoms with Crippen molar-refractivity contribution in [2.24, 2.45) is 0 Å². The third-order valence-corrected chi connectivity index (χ3v) is 5.88. The number of hydrogen-bond donors (Lipinski definition) is 2. The minimum atomic E-state index is -0.657. The zero-order valence-corrected chi connectivity index (χ0v) is 19.7. The van der Waals surface area contributed by atoms with Crippen LogP contribution in [0.2, 0.25) is 10.0 Å². The largest absolute Gasteiger partial charge is 0.352 e. The van der Waals surface area contributed by atoms with E-state index in [0.29, 0.717) is 23.6 Å². The maximum atomic E-state index is 12.9. The molecule has 0 bridgehead atoms. The summed E-state index contributed by atoms with van der Waals surface area (Å²) in [5, 5.41) is 6.51. The number of nitrogens with zero attached hydrogens (tertiary/aromatic N) is 1. The number of carbonyl (C=O) groups excluding carboxylic acids is 2. The minimum Gasteiger partial charge on any atom is -0.352 e. The van der Waals surface area contributed by atoms with Gasteiger partial charge in [0.2, 0.25) is 5.91 Å². The molecule has 0 spiro atoms. The standard InChI is InChI=1S/C22H27Cl2N3O2S/c1-27(2)20(15-7-5-4-6-8-15)14-25-22(29)19(11-12-30-3)26-21(28)17-10-9-16(23)13-18(17)24/h4-10,13,19-20H,11-12,14H2,1-3H3,(H,25,29)(H,26,28). The number of likely N-dealkylation sites (N-methyl/N-ethyl adjacent to an activating group) is 1. The molecule has 2 atom stereocenters. The molecule has 0 saturated carbocycles. The van der Waals surface area contributed by atoms with Gasteiger partial charge >= 0.3 is 0 Å². The monoisotopic (exact) mass is 467 g/mol. The first-order chi connectivity index (χ1) is 14.3. The van der Waals surface area contributed by atoms with Gasteiger partial charge in [-0.1, -0.05) is 53.5 Å². The van der Waals surface area contributed by atoms with Gasteiger partial charge in [0, 0.05) is 11.6 Å². The number of amides is 2. The molecule has 30 heavy (non-hydrogen) atoms. The van der Waals surface area contributed by atoms with E-state index >= 15 is 0 Å². The van der Waals surface area contributed by atoms with Crippen LogP contribution in [0.4, 0.5) is 0 Å². The van der Waals surface area contributed by atoms with Crippen molar-refractivity contribution in [3.8, 4) is 0 Å². The zero-order valence-electron chi connectivity index (χ0n) is 17.3. The number of carbonyl (C=O) groups is 2. The van der Waals surface area contributed by atoms with E-state index in [1.165, 1.54) is 6.07 Å². The Bertz CT molecular complexity index is 850. The molecule has 5 nitrogen and oxygen atoms in total. The highest BCUT2D eigenvalue weighted by Crippen LogP contribution is 2.21. The van der Waals surface area contributed by atoms with Crippen LogP contribution in [0.3, 0.4) is 0 Å². The van der Waals surface area contributed by atoms with Crippen molar-refractivity contribution in [3.05, 3.63) is 69.7 Å². The number of rotatable bonds is 10. The van der Waals surface area contributed by atoms with Crippen molar-refractivity contribution >= 4 is 46.8 Å². The van der Waals surface area contributed by atoms with Gasteiger partial charge in [-0.15, -0.1) is 0 Å². The molecule has 0 radical (unpaired) electrons. The molecule has 0 aliphatic carbocycles. The molecule has 0 saturated heterocycles. The van der Waals surface area contributed by atoms with Crippen molar-refractivity contribution in [2.45, 2.75) is 18.5 Å². The summed E-state index contributed by atoms with van der Waals surface area (Å²) in [6.07, 6.45) is 2.48. The Morgan fingerprint density at radius 2 is 1.80 bits per heavy atom. The number of halogens is 2. The summed E-state index contributed by atoms with van der Waals surface area (Å²) >= 11 is 13.7. The van der Waals surface area contributed by atoms with E-state index in [2.05, 4.69) is 15.5 Å². The number of hydrogen-bond acceptors (Lipinski definition) is 4. The maximum Gasteiger partial charge on any atom is 0.253 e. The normalized spacial score (nSPS) is 13.0. The molecule has 0 aliphatic rings. The summed E-state index contributed by atoms with van der Waals surface area (Å²) in [5.41, 5.74) is 1.40. The van der Waals surface area contributed by atoms with Crippen LogP contribution in [0.1, 0.15) is 28.4 Å². The molecule has 0 heterocycles. The summed E-state index contributed by atoms with van der Waals surface area (Å²) < 4.78 is 0. The van der Waals surface area contributed by atoms with Crippen LogP contribution in [0.25, 0.3) is 0 Å². The minimum absolute atomic E-state index is 0.0257. The molecule has 8 heteroatoms. The van der Waals surface area contributed by atoms with Gasteiger partial charge in [0.15, 0.2) is 0 Å². The topological polar surface area (TPSA) is 61.4 Å². The molecule has 162 valence electrons. The molecule has 0 aromatic heterocycles. The fraction of sp³-hybridized carbons (Fsp3) is 0.364. The molecule has 0 aliphatic heterocycles. The molecule has 2 aromatic carbocycles. The highest BCUT2D eigenvalue weighted by atomic mass is 35.5. The van der Waals surface area contributed by atoms with Crippen LogP contribution >= 0.6 is 35.0 Å². The summed E-state index contributed by atoms with van der Waals surface area (Å²) in [6.45, 7) is 0.434. The quantitative estimate of drug-likeness (QED) is 0.547. The Morgan fingerprint density at radius 1 is 1.10 bits per heavy atom. The lowest BCUT2D eigenvalue weighted by atomic mass is 10.1. The van der Waals surface area contributed by atoms with E-state index in [-0.39, 0.29) is 17.0 Å². The first-order valence-corrected chi connectivity index (χ1v) is 11.7. The van der Waals surface area contributed by atoms with Gasteiger partial charge in [0.1, 0.15) is 6.04 Å². The lowest BCUT2D eigenvalue weighted by Crippen LogP contribution is -2.48. The van der Waals surface area contributed by atoms with Gasteiger partial charge in [-0.05, 0) is 56.3 Å². The summed E-state index contributed by atoms with van der Waals surface area (Å²) in [5.74, 6) is 0.123. The second-order valence-corrected chi connectivity index (χ2v) is 8.90. The smallest absolute Gasteiger partial charge is 0.253 e. The van der Waals surface area contributed by atoms with E-state index in [1.807, 2.05) is 50.7 Å². The molecule has 0 fully saturated rings. The number of thioether (sulfide) groups is 1. The first kappa shape index (κ1) is 24.5. The van der Waals surface area contributed by atoms with E-state index < -0.39 is 11.9 Å². The molecule has 2 rings (SSSR count). The third kappa shape index (κ3) is 7.20. The predicted octanol–water partition coefficient (Wildman–Crippen LogP) is 4.26. The molecule has 2 aromatic rings. The summed E-state index contributed by atoms with van der Waals surface area (Å²) in [7, 11) is 3.94. The maximum absolute atomic E-state index is 12.9. The third-order valence-electron chi connectivity index (χ3n) is 4.69. The van der Waals surface area contributed by atoms with Crippen LogP contribution in [0, 0.1) is 0 Å². The molecule has 2 amide bonds. The molecule has 2 unspecified atom stereocenters. The lowest BCUT2D eigenvalue weighted by molar-refractivity contribution is -0.123. The lowest BCUT2D eigenvalue weighted by Gasteiger charge is -2.26.